The summed E-state index contributed by atoms with van der Waals surface area (Å²) in [6.07, 6.45) is 1.07. The van der Waals surface area contributed by atoms with Crippen LogP contribution in [0.15, 0.2) is 57.8 Å². The molecule has 0 radical (unpaired) electrons. The number of nitrogens with zero attached hydrogens (tertiary/aromatic N) is 2. The van der Waals surface area contributed by atoms with E-state index in [4.69, 9.17) is 4.74 Å². The standard InChI is InChI=1S/C24H22FN3O4/c1-3-15-11-20(31-13-21-27-24(30)32-28-21)22(25)14(2)18(15)12-17-9-10-19(29)23(26-17)16-7-5-4-6-8-16/h4-11,29H,3,12-13H2,1-2H3,(H,27,28,30). The fraction of sp³-hybridized carbons (Fsp3) is 0.208. The van der Waals surface area contributed by atoms with Crippen molar-refractivity contribution in [2.24, 2.45) is 0 Å². The van der Waals surface area contributed by atoms with E-state index >= 15 is 4.39 Å². The van der Waals surface area contributed by atoms with Gasteiger partial charge in [-0.25, -0.2) is 14.2 Å². The van der Waals surface area contributed by atoms with Gasteiger partial charge in [0, 0.05) is 17.7 Å². The highest BCUT2D eigenvalue weighted by Gasteiger charge is 2.18. The first-order valence-corrected chi connectivity index (χ1v) is 10.2. The Morgan fingerprint density at radius 1 is 1.19 bits per heavy atom. The minimum absolute atomic E-state index is 0.0792. The maximum atomic E-state index is 15.1. The van der Waals surface area contributed by atoms with Crippen molar-refractivity contribution in [3.8, 4) is 22.8 Å². The monoisotopic (exact) mass is 435 g/mol. The van der Waals surface area contributed by atoms with Gasteiger partial charge in [0.2, 0.25) is 0 Å². The minimum atomic E-state index is -0.693. The topological polar surface area (TPSA) is 101 Å². The first-order chi connectivity index (χ1) is 15.5. The molecule has 2 heterocycles. The summed E-state index contributed by atoms with van der Waals surface area (Å²) < 4.78 is 25.1. The predicted molar refractivity (Wildman–Crippen MR) is 116 cm³/mol. The highest BCUT2D eigenvalue weighted by molar-refractivity contribution is 5.66. The van der Waals surface area contributed by atoms with E-state index in [2.05, 4.69) is 19.6 Å². The van der Waals surface area contributed by atoms with E-state index < -0.39 is 11.6 Å². The molecule has 0 atom stereocenters. The molecule has 2 N–H and O–H groups in total. The van der Waals surface area contributed by atoms with E-state index in [1.165, 1.54) is 0 Å². The number of nitrogens with one attached hydrogen (secondary N) is 1. The van der Waals surface area contributed by atoms with Gasteiger partial charge in [0.25, 0.3) is 0 Å². The summed E-state index contributed by atoms with van der Waals surface area (Å²) in [5.74, 6) is -0.828. The number of ether oxygens (including phenoxy) is 1. The van der Waals surface area contributed by atoms with Gasteiger partial charge in [-0.1, -0.05) is 42.4 Å². The second kappa shape index (κ2) is 9.05. The number of hydrogen-bond donors (Lipinski definition) is 2. The third-order valence-electron chi connectivity index (χ3n) is 5.26. The largest absolute Gasteiger partial charge is 0.506 e. The molecule has 0 saturated heterocycles. The molecule has 0 bridgehead atoms. The van der Waals surface area contributed by atoms with Gasteiger partial charge in [-0.3, -0.25) is 9.51 Å². The van der Waals surface area contributed by atoms with E-state index in [9.17, 15) is 9.90 Å². The summed E-state index contributed by atoms with van der Waals surface area (Å²) in [5, 5.41) is 13.8. The van der Waals surface area contributed by atoms with Crippen molar-refractivity contribution in [1.29, 1.82) is 0 Å². The molecule has 0 aliphatic carbocycles. The molecule has 7 nitrogen and oxygen atoms in total. The van der Waals surface area contributed by atoms with Crippen molar-refractivity contribution in [2.45, 2.75) is 33.3 Å². The van der Waals surface area contributed by atoms with Crippen LogP contribution in [-0.4, -0.2) is 20.2 Å². The second-order valence-corrected chi connectivity index (χ2v) is 7.35. The Balaban J connectivity index is 1.64. The van der Waals surface area contributed by atoms with Crippen molar-refractivity contribution < 1.29 is 18.8 Å². The molecule has 164 valence electrons. The number of rotatable bonds is 7. The number of hydrogen-bond acceptors (Lipinski definition) is 6. The van der Waals surface area contributed by atoms with Crippen LogP contribution in [0.5, 0.6) is 11.5 Å². The SMILES string of the molecule is CCc1cc(OCc2noc(=O)[nH]2)c(F)c(C)c1Cc1ccc(O)c(-c2ccccc2)n1. The fourth-order valence-electron chi connectivity index (χ4n) is 3.58. The average Bonchev–Trinajstić information content (AvgIpc) is 3.23. The number of aromatic amines is 1. The zero-order valence-corrected chi connectivity index (χ0v) is 17.7. The average molecular weight is 435 g/mol. The number of aromatic nitrogens is 3. The van der Waals surface area contributed by atoms with E-state index in [1.54, 1.807) is 25.1 Å². The molecule has 4 aromatic rings. The summed E-state index contributed by atoms with van der Waals surface area (Å²) in [6.45, 7) is 3.56. The lowest BCUT2D eigenvalue weighted by atomic mass is 9.94. The van der Waals surface area contributed by atoms with Crippen LogP contribution in [0.2, 0.25) is 0 Å². The van der Waals surface area contributed by atoms with Crippen molar-refractivity contribution >= 4 is 0 Å². The zero-order valence-electron chi connectivity index (χ0n) is 17.7. The lowest BCUT2D eigenvalue weighted by Gasteiger charge is -2.16. The highest BCUT2D eigenvalue weighted by Crippen LogP contribution is 2.31. The third kappa shape index (κ3) is 4.39. The van der Waals surface area contributed by atoms with Crippen LogP contribution >= 0.6 is 0 Å². The van der Waals surface area contributed by atoms with Gasteiger partial charge >= 0.3 is 5.76 Å². The zero-order chi connectivity index (χ0) is 22.7. The molecule has 8 heteroatoms. The fourth-order valence-corrected chi connectivity index (χ4v) is 3.58. The first-order valence-electron chi connectivity index (χ1n) is 10.2. The predicted octanol–water partition coefficient (Wildman–Crippen LogP) is 4.31. The van der Waals surface area contributed by atoms with Crippen LogP contribution in [0.3, 0.4) is 0 Å². The van der Waals surface area contributed by atoms with Gasteiger partial charge in [-0.15, -0.1) is 0 Å². The molecule has 0 spiro atoms. The maximum absolute atomic E-state index is 15.1. The van der Waals surface area contributed by atoms with E-state index in [0.29, 0.717) is 29.8 Å². The minimum Gasteiger partial charge on any atom is -0.506 e. The molecule has 2 aromatic carbocycles. The number of pyridine rings is 1. The van der Waals surface area contributed by atoms with Crippen molar-refractivity contribution in [1.82, 2.24) is 15.1 Å². The van der Waals surface area contributed by atoms with Gasteiger partial charge in [0.05, 0.1) is 0 Å². The number of aryl methyl sites for hydroxylation is 1. The molecule has 32 heavy (non-hydrogen) atoms. The summed E-state index contributed by atoms with van der Waals surface area (Å²) in [7, 11) is 0. The Kier molecular flexibility index (Phi) is 6.02. The van der Waals surface area contributed by atoms with Crippen LogP contribution in [0.25, 0.3) is 11.3 Å². The number of H-pyrrole nitrogens is 1. The van der Waals surface area contributed by atoms with E-state index in [0.717, 1.165) is 16.7 Å². The lowest BCUT2D eigenvalue weighted by molar-refractivity contribution is 0.271. The van der Waals surface area contributed by atoms with Gasteiger partial charge in [0.1, 0.15) is 18.1 Å². The van der Waals surface area contributed by atoms with Crippen LogP contribution in [0.1, 0.15) is 35.1 Å². The Labute approximate surface area is 183 Å². The molecule has 4 rings (SSSR count). The van der Waals surface area contributed by atoms with Crippen LogP contribution < -0.4 is 10.5 Å². The molecule has 0 aliphatic rings. The molecular weight excluding hydrogens is 413 g/mol. The van der Waals surface area contributed by atoms with Crippen LogP contribution in [-0.2, 0) is 19.4 Å². The van der Waals surface area contributed by atoms with Gasteiger partial charge in [0.15, 0.2) is 17.4 Å². The smallest absolute Gasteiger partial charge is 0.439 e. The summed E-state index contributed by atoms with van der Waals surface area (Å²) in [6, 6.07) is 14.4. The van der Waals surface area contributed by atoms with Gasteiger partial charge in [-0.2, -0.15) is 0 Å². The lowest BCUT2D eigenvalue weighted by Crippen LogP contribution is -2.07. The summed E-state index contributed by atoms with van der Waals surface area (Å²) >= 11 is 0. The highest BCUT2D eigenvalue weighted by atomic mass is 19.1. The second-order valence-electron chi connectivity index (χ2n) is 7.35. The van der Waals surface area contributed by atoms with Crippen molar-refractivity contribution in [3.05, 3.63) is 93.1 Å². The van der Waals surface area contributed by atoms with Crippen molar-refractivity contribution in [3.63, 3.8) is 0 Å². The first kappa shape index (κ1) is 21.3. The molecule has 0 fully saturated rings. The maximum Gasteiger partial charge on any atom is 0.439 e. The molecule has 2 aromatic heterocycles. The van der Waals surface area contributed by atoms with Crippen molar-refractivity contribution in [2.75, 3.05) is 0 Å². The van der Waals surface area contributed by atoms with E-state index in [1.807, 2.05) is 37.3 Å². The third-order valence-corrected chi connectivity index (χ3v) is 5.26. The van der Waals surface area contributed by atoms with Crippen LogP contribution in [0.4, 0.5) is 4.39 Å². The van der Waals surface area contributed by atoms with E-state index in [-0.39, 0.29) is 23.9 Å². The summed E-state index contributed by atoms with van der Waals surface area (Å²) in [4.78, 5) is 18.0. The quantitative estimate of drug-likeness (QED) is 0.449. The molecule has 0 aliphatic heterocycles. The molecule has 0 saturated carbocycles. The number of halogens is 1. The number of aromatic hydroxyl groups is 1. The molecule has 0 unspecified atom stereocenters. The Morgan fingerprint density at radius 2 is 1.97 bits per heavy atom. The normalized spacial score (nSPS) is 11.0. The molecule has 0 amide bonds. The van der Waals surface area contributed by atoms with Crippen LogP contribution in [0, 0.1) is 12.7 Å². The Hall–Kier alpha value is -3.94. The van der Waals surface area contributed by atoms with Gasteiger partial charge < -0.3 is 9.84 Å². The summed E-state index contributed by atoms with van der Waals surface area (Å²) in [5.41, 5.74) is 4.21. The van der Waals surface area contributed by atoms with Gasteiger partial charge in [-0.05, 0) is 48.2 Å². The number of benzene rings is 2. The Bertz CT molecular complexity index is 1300. The molecular formula is C24H22FN3O4. The Morgan fingerprint density at radius 3 is 2.66 bits per heavy atom.